The van der Waals surface area contributed by atoms with Crippen LogP contribution in [0.4, 0.5) is 0 Å². The highest BCUT2D eigenvalue weighted by Crippen LogP contribution is 2.17. The lowest BCUT2D eigenvalue weighted by atomic mass is 10.2. The zero-order valence-electron chi connectivity index (χ0n) is 14.1. The van der Waals surface area contributed by atoms with Crippen molar-refractivity contribution in [1.29, 1.82) is 0 Å². The van der Waals surface area contributed by atoms with Gasteiger partial charge in [-0.2, -0.15) is 0 Å². The lowest BCUT2D eigenvalue weighted by molar-refractivity contribution is 0.196. The van der Waals surface area contributed by atoms with E-state index in [2.05, 4.69) is 57.8 Å². The molecule has 116 valence electrons. The quantitative estimate of drug-likeness (QED) is 0.742. The molecule has 1 rings (SSSR count). The summed E-state index contributed by atoms with van der Waals surface area (Å²) >= 11 is 0. The largest absolute Gasteiger partial charge is 0.465 e. The molecular weight excluding hydrogens is 248 g/mol. The Morgan fingerprint density at radius 2 is 1.95 bits per heavy atom. The van der Waals surface area contributed by atoms with Gasteiger partial charge in [0.1, 0.15) is 11.5 Å². The Morgan fingerprint density at radius 3 is 2.50 bits per heavy atom. The predicted molar refractivity (Wildman–Crippen MR) is 85.8 cm³/mol. The third-order valence-electron chi connectivity index (χ3n) is 3.54. The molecule has 0 bridgehead atoms. The SMILES string of the molecule is CCCN(Cc1cc(CNCC(C)C)c(C)o1)C(C)C. The van der Waals surface area contributed by atoms with E-state index in [1.54, 1.807) is 0 Å². The molecule has 1 aromatic heterocycles. The van der Waals surface area contributed by atoms with Gasteiger partial charge in [-0.15, -0.1) is 0 Å². The molecule has 1 N–H and O–H groups in total. The second-order valence-corrected chi connectivity index (χ2v) is 6.38. The molecule has 0 fully saturated rings. The van der Waals surface area contributed by atoms with Crippen LogP contribution >= 0.6 is 0 Å². The first-order valence-electron chi connectivity index (χ1n) is 7.97. The van der Waals surface area contributed by atoms with Gasteiger partial charge in [0.2, 0.25) is 0 Å². The van der Waals surface area contributed by atoms with Crippen molar-refractivity contribution in [1.82, 2.24) is 10.2 Å². The molecular formula is C17H32N2O. The first-order chi connectivity index (χ1) is 9.43. The van der Waals surface area contributed by atoms with Crippen LogP contribution in [0.15, 0.2) is 10.5 Å². The number of furan rings is 1. The van der Waals surface area contributed by atoms with Crippen molar-refractivity contribution in [3.63, 3.8) is 0 Å². The highest BCUT2D eigenvalue weighted by Gasteiger charge is 2.13. The lowest BCUT2D eigenvalue weighted by Crippen LogP contribution is -2.30. The molecule has 0 saturated carbocycles. The molecule has 3 heteroatoms. The maximum atomic E-state index is 5.92. The van der Waals surface area contributed by atoms with Gasteiger partial charge in [0.15, 0.2) is 0 Å². The van der Waals surface area contributed by atoms with Crippen LogP contribution < -0.4 is 5.32 Å². The summed E-state index contributed by atoms with van der Waals surface area (Å²) in [6.45, 7) is 17.2. The molecule has 0 atom stereocenters. The Morgan fingerprint density at radius 1 is 1.25 bits per heavy atom. The van der Waals surface area contributed by atoms with Gasteiger partial charge in [0.25, 0.3) is 0 Å². The lowest BCUT2D eigenvalue weighted by Gasteiger charge is -2.24. The minimum atomic E-state index is 0.558. The van der Waals surface area contributed by atoms with Gasteiger partial charge in [0.05, 0.1) is 6.54 Å². The van der Waals surface area contributed by atoms with Crippen LogP contribution in [0.2, 0.25) is 0 Å². The minimum Gasteiger partial charge on any atom is -0.465 e. The van der Waals surface area contributed by atoms with Gasteiger partial charge in [-0.25, -0.2) is 0 Å². The van der Waals surface area contributed by atoms with Crippen molar-refractivity contribution in [2.24, 2.45) is 5.92 Å². The second kappa shape index (κ2) is 8.48. The monoisotopic (exact) mass is 280 g/mol. The Labute approximate surface area is 124 Å². The molecule has 20 heavy (non-hydrogen) atoms. The molecule has 1 heterocycles. The van der Waals surface area contributed by atoms with Gasteiger partial charge < -0.3 is 9.73 Å². The number of nitrogens with one attached hydrogen (secondary N) is 1. The first-order valence-corrected chi connectivity index (χ1v) is 7.97. The van der Waals surface area contributed by atoms with E-state index in [9.17, 15) is 0 Å². The number of hydrogen-bond acceptors (Lipinski definition) is 3. The van der Waals surface area contributed by atoms with Crippen molar-refractivity contribution >= 4 is 0 Å². The van der Waals surface area contributed by atoms with Gasteiger partial charge >= 0.3 is 0 Å². The predicted octanol–water partition coefficient (Wildman–Crippen LogP) is 3.95. The van der Waals surface area contributed by atoms with Crippen LogP contribution in [-0.4, -0.2) is 24.0 Å². The van der Waals surface area contributed by atoms with Gasteiger partial charge in [-0.3, -0.25) is 4.90 Å². The molecule has 0 aliphatic heterocycles. The van der Waals surface area contributed by atoms with Crippen LogP contribution in [-0.2, 0) is 13.1 Å². The standard InChI is InChI=1S/C17H32N2O/c1-7-8-19(14(4)5)12-17-9-16(15(6)20-17)11-18-10-13(2)3/h9,13-14,18H,7-8,10-12H2,1-6H3. The Balaban J connectivity index is 2.59. The topological polar surface area (TPSA) is 28.4 Å². The number of aryl methyl sites for hydroxylation is 1. The van der Waals surface area contributed by atoms with E-state index in [0.29, 0.717) is 12.0 Å². The average molecular weight is 280 g/mol. The summed E-state index contributed by atoms with van der Waals surface area (Å²) in [6, 6.07) is 2.77. The summed E-state index contributed by atoms with van der Waals surface area (Å²) in [5, 5.41) is 3.48. The molecule has 1 aromatic rings. The van der Waals surface area contributed by atoms with Gasteiger partial charge in [-0.05, 0) is 52.3 Å². The van der Waals surface area contributed by atoms with Crippen LogP contribution in [0.5, 0.6) is 0 Å². The number of hydrogen-bond donors (Lipinski definition) is 1. The summed E-state index contributed by atoms with van der Waals surface area (Å²) in [5.74, 6) is 2.82. The van der Waals surface area contributed by atoms with Crippen molar-refractivity contribution < 1.29 is 4.42 Å². The van der Waals surface area contributed by atoms with E-state index in [0.717, 1.165) is 37.7 Å². The molecule has 0 amide bonds. The van der Waals surface area contributed by atoms with Crippen molar-refractivity contribution in [2.45, 2.75) is 67.1 Å². The normalized spacial score (nSPS) is 12.1. The zero-order chi connectivity index (χ0) is 15.1. The summed E-state index contributed by atoms with van der Waals surface area (Å²) in [4.78, 5) is 2.46. The molecule has 0 aliphatic carbocycles. The third-order valence-corrected chi connectivity index (χ3v) is 3.54. The van der Waals surface area contributed by atoms with E-state index in [1.807, 2.05) is 0 Å². The van der Waals surface area contributed by atoms with Crippen LogP contribution in [0.1, 0.15) is 58.1 Å². The van der Waals surface area contributed by atoms with Crippen LogP contribution in [0.25, 0.3) is 0 Å². The number of rotatable bonds is 9. The summed E-state index contributed by atoms with van der Waals surface area (Å²) in [5.41, 5.74) is 1.29. The molecule has 0 radical (unpaired) electrons. The zero-order valence-corrected chi connectivity index (χ0v) is 14.1. The van der Waals surface area contributed by atoms with E-state index >= 15 is 0 Å². The minimum absolute atomic E-state index is 0.558. The first kappa shape index (κ1) is 17.3. The van der Waals surface area contributed by atoms with E-state index in [-0.39, 0.29) is 0 Å². The average Bonchev–Trinajstić information content (AvgIpc) is 2.69. The highest BCUT2D eigenvalue weighted by atomic mass is 16.3. The van der Waals surface area contributed by atoms with Crippen molar-refractivity contribution in [3.05, 3.63) is 23.2 Å². The Hall–Kier alpha value is -0.800. The number of nitrogens with zero attached hydrogens (tertiary/aromatic N) is 1. The van der Waals surface area contributed by atoms with E-state index < -0.39 is 0 Å². The van der Waals surface area contributed by atoms with Crippen molar-refractivity contribution in [2.75, 3.05) is 13.1 Å². The fraction of sp³-hybridized carbons (Fsp3) is 0.765. The molecule has 0 aromatic carbocycles. The van der Waals surface area contributed by atoms with Gasteiger partial charge in [-0.1, -0.05) is 20.8 Å². The second-order valence-electron chi connectivity index (χ2n) is 6.38. The fourth-order valence-corrected chi connectivity index (χ4v) is 2.34. The van der Waals surface area contributed by atoms with Crippen molar-refractivity contribution in [3.8, 4) is 0 Å². The summed E-state index contributed by atoms with van der Waals surface area (Å²) in [6.07, 6.45) is 1.18. The molecule has 0 saturated heterocycles. The van der Waals surface area contributed by atoms with E-state index in [1.165, 1.54) is 12.0 Å². The summed E-state index contributed by atoms with van der Waals surface area (Å²) in [7, 11) is 0. The molecule has 0 aliphatic rings. The third kappa shape index (κ3) is 5.68. The highest BCUT2D eigenvalue weighted by molar-refractivity contribution is 5.20. The van der Waals surface area contributed by atoms with E-state index in [4.69, 9.17) is 4.42 Å². The fourth-order valence-electron chi connectivity index (χ4n) is 2.34. The smallest absolute Gasteiger partial charge is 0.118 e. The molecule has 0 unspecified atom stereocenters. The van der Waals surface area contributed by atoms with Crippen LogP contribution in [0.3, 0.4) is 0 Å². The summed E-state index contributed by atoms with van der Waals surface area (Å²) < 4.78 is 5.92. The maximum absolute atomic E-state index is 5.92. The Kier molecular flexibility index (Phi) is 7.31. The Bertz CT molecular complexity index is 382. The van der Waals surface area contributed by atoms with Gasteiger partial charge in [0, 0.05) is 18.2 Å². The van der Waals surface area contributed by atoms with Crippen LogP contribution in [0, 0.1) is 12.8 Å². The maximum Gasteiger partial charge on any atom is 0.118 e. The molecule has 3 nitrogen and oxygen atoms in total. The molecule has 0 spiro atoms.